The molecule has 1 heterocycles. The number of fused-ring (bicyclic) bond motifs is 1. The fourth-order valence-electron chi connectivity index (χ4n) is 7.04. The monoisotopic (exact) mass is 635 g/mol. The first-order valence-electron chi connectivity index (χ1n) is 17.1. The first-order valence-corrected chi connectivity index (χ1v) is 17.1. The topological polar surface area (TPSA) is 37.1 Å². The first kappa shape index (κ1) is 31.9. The molecule has 0 spiro atoms. The minimum atomic E-state index is 0.290. The molecule has 4 aromatic carbocycles. The Kier molecular flexibility index (Phi) is 9.52. The molecule has 2 aliphatic carbocycles. The Morgan fingerprint density at radius 2 is 1.51 bits per heavy atom. The highest BCUT2D eigenvalue weighted by Gasteiger charge is 2.31. The molecule has 4 aromatic rings. The number of rotatable bonds is 9. The molecule has 0 fully saturated rings. The van der Waals surface area contributed by atoms with Gasteiger partial charge in [0.25, 0.3) is 0 Å². The van der Waals surface area contributed by atoms with Gasteiger partial charge in [0.1, 0.15) is 0 Å². The van der Waals surface area contributed by atoms with Crippen molar-refractivity contribution in [3.63, 3.8) is 0 Å². The zero-order valence-electron chi connectivity index (χ0n) is 28.3. The number of hydrogen-bond donors (Lipinski definition) is 0. The summed E-state index contributed by atoms with van der Waals surface area (Å²) >= 11 is 0. The Morgan fingerprint density at radius 3 is 2.22 bits per heavy atom. The van der Waals surface area contributed by atoms with E-state index in [1.54, 1.807) is 0 Å². The van der Waals surface area contributed by atoms with Crippen molar-refractivity contribution in [3.05, 3.63) is 190 Å². The van der Waals surface area contributed by atoms with Crippen molar-refractivity contribution in [1.29, 1.82) is 0 Å². The average Bonchev–Trinajstić information content (AvgIpc) is 3.16. The zero-order valence-corrected chi connectivity index (χ0v) is 28.3. The van der Waals surface area contributed by atoms with E-state index in [9.17, 15) is 0 Å². The van der Waals surface area contributed by atoms with E-state index in [0.717, 1.165) is 47.6 Å². The van der Waals surface area contributed by atoms with E-state index in [1.807, 2.05) is 12.1 Å². The van der Waals surface area contributed by atoms with Crippen LogP contribution in [0.2, 0.25) is 0 Å². The van der Waals surface area contributed by atoms with Crippen molar-refractivity contribution in [2.75, 3.05) is 0 Å². The number of benzene rings is 4. The van der Waals surface area contributed by atoms with E-state index in [2.05, 4.69) is 159 Å². The minimum absolute atomic E-state index is 0.290. The lowest BCUT2D eigenvalue weighted by Crippen LogP contribution is -2.21. The van der Waals surface area contributed by atoms with Crippen LogP contribution >= 0.6 is 0 Å². The maximum atomic E-state index is 5.30. The van der Waals surface area contributed by atoms with Crippen LogP contribution in [0.5, 0.6) is 0 Å². The average molecular weight is 636 g/mol. The molecule has 7 rings (SSSR count). The van der Waals surface area contributed by atoms with Crippen molar-refractivity contribution in [3.8, 4) is 11.1 Å². The number of hydrogen-bond acceptors (Lipinski definition) is 3. The van der Waals surface area contributed by atoms with Gasteiger partial charge in [0.2, 0.25) is 0 Å². The van der Waals surface area contributed by atoms with Crippen molar-refractivity contribution < 1.29 is 0 Å². The first-order chi connectivity index (χ1) is 24.1. The number of aryl methyl sites for hydroxylation is 1. The molecular formula is C46H41N3. The van der Waals surface area contributed by atoms with Gasteiger partial charge >= 0.3 is 0 Å². The Hall–Kier alpha value is -5.67. The van der Waals surface area contributed by atoms with Crippen molar-refractivity contribution in [1.82, 2.24) is 0 Å². The lowest BCUT2D eigenvalue weighted by atomic mass is 9.76. The summed E-state index contributed by atoms with van der Waals surface area (Å²) in [6.45, 7) is 9.02. The summed E-state index contributed by atoms with van der Waals surface area (Å²) in [5.74, 6) is 0.290. The van der Waals surface area contributed by atoms with Gasteiger partial charge in [-0.2, -0.15) is 0 Å². The Balaban J connectivity index is 1.24. The largest absolute Gasteiger partial charge is 0.280 e. The second-order valence-corrected chi connectivity index (χ2v) is 12.8. The normalized spacial score (nSPS) is 17.9. The summed E-state index contributed by atoms with van der Waals surface area (Å²) in [4.78, 5) is 14.9. The van der Waals surface area contributed by atoms with Gasteiger partial charge in [0, 0.05) is 17.2 Å². The van der Waals surface area contributed by atoms with Gasteiger partial charge in [-0.25, -0.2) is 0 Å². The van der Waals surface area contributed by atoms with Crippen molar-refractivity contribution in [2.45, 2.75) is 39.7 Å². The van der Waals surface area contributed by atoms with E-state index in [1.165, 1.54) is 50.1 Å². The van der Waals surface area contributed by atoms with Gasteiger partial charge in [-0.1, -0.05) is 133 Å². The lowest BCUT2D eigenvalue weighted by Gasteiger charge is -2.32. The van der Waals surface area contributed by atoms with Crippen molar-refractivity contribution in [2.24, 2.45) is 20.9 Å². The molecule has 240 valence electrons. The van der Waals surface area contributed by atoms with Crippen LogP contribution in [0.4, 0.5) is 0 Å². The van der Waals surface area contributed by atoms with Crippen LogP contribution in [0.3, 0.4) is 0 Å². The third-order valence-electron chi connectivity index (χ3n) is 9.70. The molecule has 3 aliphatic rings. The summed E-state index contributed by atoms with van der Waals surface area (Å²) in [6.07, 6.45) is 15.9. The van der Waals surface area contributed by atoms with Gasteiger partial charge in [-0.05, 0) is 102 Å². The molecule has 0 aromatic heterocycles. The van der Waals surface area contributed by atoms with E-state index < -0.39 is 0 Å². The van der Waals surface area contributed by atoms with Crippen LogP contribution < -0.4 is 0 Å². The molecule has 0 amide bonds. The van der Waals surface area contributed by atoms with Gasteiger partial charge < -0.3 is 0 Å². The maximum absolute atomic E-state index is 5.30. The highest BCUT2D eigenvalue weighted by molar-refractivity contribution is 6.19. The smallest absolute Gasteiger partial charge is 0.0716 e. The minimum Gasteiger partial charge on any atom is -0.280 e. The second kappa shape index (κ2) is 14.6. The molecular weight excluding hydrogens is 595 g/mol. The lowest BCUT2D eigenvalue weighted by molar-refractivity contribution is 0.761. The molecule has 0 bridgehead atoms. The van der Waals surface area contributed by atoms with Crippen LogP contribution in [0.25, 0.3) is 22.4 Å². The maximum Gasteiger partial charge on any atom is 0.0716 e. The number of allylic oxidation sites excluding steroid dienone is 10. The quantitative estimate of drug-likeness (QED) is 0.164. The third-order valence-corrected chi connectivity index (χ3v) is 9.70. The molecule has 1 aliphatic heterocycles. The van der Waals surface area contributed by atoms with E-state index in [-0.39, 0.29) is 0 Å². The highest BCUT2D eigenvalue weighted by Crippen LogP contribution is 2.43. The SMILES string of the molecule is C=N/C(=C\C(=N/Cc1ccccc1)C1=CC=C(C2=NC3=CC=CCC3C(c3ccccc3C)=C2C)CC1)c1ccc(-c2ccccc2)cc1. The molecule has 0 saturated heterocycles. The zero-order chi connectivity index (χ0) is 33.6. The molecule has 1 atom stereocenters. The summed E-state index contributed by atoms with van der Waals surface area (Å²) in [7, 11) is 0. The van der Waals surface area contributed by atoms with Crippen molar-refractivity contribution >= 4 is 29.4 Å². The van der Waals surface area contributed by atoms with E-state index >= 15 is 0 Å². The molecule has 3 nitrogen and oxygen atoms in total. The Bertz CT molecular complexity index is 2120. The van der Waals surface area contributed by atoms with Crippen LogP contribution in [-0.2, 0) is 6.54 Å². The van der Waals surface area contributed by atoms with E-state index in [4.69, 9.17) is 9.98 Å². The third kappa shape index (κ3) is 6.98. The Morgan fingerprint density at radius 1 is 0.796 bits per heavy atom. The summed E-state index contributed by atoms with van der Waals surface area (Å²) in [6, 6.07) is 38.1. The summed E-state index contributed by atoms with van der Waals surface area (Å²) in [5, 5.41) is 0. The Labute approximate surface area is 290 Å². The molecule has 3 heteroatoms. The number of dihydropyridines is 1. The van der Waals surface area contributed by atoms with E-state index in [0.29, 0.717) is 12.5 Å². The second-order valence-electron chi connectivity index (χ2n) is 12.8. The van der Waals surface area contributed by atoms with Crippen LogP contribution in [-0.4, -0.2) is 18.1 Å². The predicted octanol–water partition coefficient (Wildman–Crippen LogP) is 11.4. The molecule has 0 radical (unpaired) electrons. The molecule has 1 unspecified atom stereocenters. The van der Waals surface area contributed by atoms with Gasteiger partial charge in [-0.15, -0.1) is 0 Å². The summed E-state index contributed by atoms with van der Waals surface area (Å²) in [5.41, 5.74) is 16.3. The number of nitrogens with zero attached hydrogens (tertiary/aromatic N) is 3. The number of aliphatic imine (C=N–C) groups is 3. The highest BCUT2D eigenvalue weighted by atomic mass is 14.8. The molecule has 0 N–H and O–H groups in total. The molecule has 0 saturated carbocycles. The van der Waals surface area contributed by atoms with Crippen LogP contribution in [0.1, 0.15) is 48.4 Å². The fraction of sp³-hybridized carbons (Fsp3) is 0.152. The van der Waals surface area contributed by atoms with Gasteiger partial charge in [-0.3, -0.25) is 15.0 Å². The fourth-order valence-corrected chi connectivity index (χ4v) is 7.04. The molecule has 49 heavy (non-hydrogen) atoms. The summed E-state index contributed by atoms with van der Waals surface area (Å²) < 4.78 is 0. The van der Waals surface area contributed by atoms with Gasteiger partial charge in [0.15, 0.2) is 0 Å². The van der Waals surface area contributed by atoms with Crippen LogP contribution in [0.15, 0.2) is 183 Å². The predicted molar refractivity (Wildman–Crippen MR) is 209 cm³/mol. The van der Waals surface area contributed by atoms with Crippen LogP contribution in [0, 0.1) is 12.8 Å². The van der Waals surface area contributed by atoms with Gasteiger partial charge in [0.05, 0.1) is 23.7 Å². The standard InChI is InChI=1S/C46H41N3/c1-32-14-10-11-19-40(32)45-33(2)46(49-42-21-13-12-20-41(42)45)39-28-26-38(27-29-39)44(48-31-34-15-6-4-7-16-34)30-43(47-3)37-24-22-36(23-25-37)35-17-8-5-9-18-35/h4-19,21-26,28,30,41H,3,20,27,29,31H2,1-2H3/b43-30-,48-44+.